The van der Waals surface area contributed by atoms with Gasteiger partial charge < -0.3 is 34.0 Å². The number of carbonyl (C=O) groups is 3. The van der Waals surface area contributed by atoms with Crippen LogP contribution in [0.2, 0.25) is 15.1 Å². The zero-order valence-corrected chi connectivity index (χ0v) is 35.7. The van der Waals surface area contributed by atoms with Crippen molar-refractivity contribution >= 4 is 64.3 Å². The van der Waals surface area contributed by atoms with Gasteiger partial charge in [0.15, 0.2) is 5.75 Å². The Morgan fingerprint density at radius 1 is 0.966 bits per heavy atom. The Kier molecular flexibility index (Phi) is 12.4. The standard InChI is InChI=1S/C43H50Cl3N5O7/c1-25-16-34(45)39(35(46)17-25)57-31-12-14-48(23-31)37-11-7-27(20-47-37)32-19-30-22-49(42(55)58-43(2,3)4)24-36(51(30)41(53)54)38(32)40(52)50(29-8-9-29)21-28-18-26(13-15-56-5)6-10-33(28)44/h6-7,10-11,16-18,20,29-31,36H,8-9,12-15,19,21-24H2,1-5H3,(H,53,54)/t30-,31?,36-/m0/s1. The Hall–Kier alpha value is -4.23. The summed E-state index contributed by atoms with van der Waals surface area (Å²) in [5.74, 6) is 0.929. The van der Waals surface area contributed by atoms with E-state index in [0.717, 1.165) is 52.9 Å². The molecule has 3 fully saturated rings. The maximum absolute atomic E-state index is 15.2. The average molecular weight is 855 g/mol. The number of methoxy groups -OCH3 is 1. The van der Waals surface area contributed by atoms with E-state index in [1.54, 1.807) is 34.1 Å². The normalized spacial score (nSPS) is 20.7. The van der Waals surface area contributed by atoms with Gasteiger partial charge in [0.25, 0.3) is 5.91 Å². The third-order valence-corrected chi connectivity index (χ3v) is 12.0. The van der Waals surface area contributed by atoms with Crippen molar-refractivity contribution in [2.45, 2.75) is 96.2 Å². The molecule has 1 saturated carbocycles. The summed E-state index contributed by atoms with van der Waals surface area (Å²) < 4.78 is 17.3. The predicted molar refractivity (Wildman–Crippen MR) is 224 cm³/mol. The van der Waals surface area contributed by atoms with E-state index in [1.807, 2.05) is 54.3 Å². The van der Waals surface area contributed by atoms with Gasteiger partial charge in [0.1, 0.15) is 17.5 Å². The van der Waals surface area contributed by atoms with Crippen molar-refractivity contribution in [2.75, 3.05) is 44.8 Å². The summed E-state index contributed by atoms with van der Waals surface area (Å²) in [5.41, 5.74) is 3.80. The van der Waals surface area contributed by atoms with Crippen molar-refractivity contribution in [2.24, 2.45) is 0 Å². The summed E-state index contributed by atoms with van der Waals surface area (Å²) in [5, 5.41) is 12.1. The van der Waals surface area contributed by atoms with E-state index in [2.05, 4.69) is 4.90 Å². The first-order chi connectivity index (χ1) is 27.6. The van der Waals surface area contributed by atoms with E-state index < -0.39 is 29.9 Å². The van der Waals surface area contributed by atoms with Gasteiger partial charge in [0.05, 0.1) is 35.3 Å². The number of hydrogen-bond donors (Lipinski definition) is 1. The highest BCUT2D eigenvalue weighted by Gasteiger charge is 2.50. The van der Waals surface area contributed by atoms with Crippen LogP contribution < -0.4 is 9.64 Å². The molecule has 1 unspecified atom stereocenters. The lowest BCUT2D eigenvalue weighted by atomic mass is 9.81. The molecule has 3 amide bonds. The average Bonchev–Trinajstić information content (AvgIpc) is 3.90. The minimum atomic E-state index is -1.15. The third-order valence-electron chi connectivity index (χ3n) is 11.0. The second-order valence-corrected chi connectivity index (χ2v) is 17.8. The zero-order valence-electron chi connectivity index (χ0n) is 33.5. The van der Waals surface area contributed by atoms with Gasteiger partial charge in [0.2, 0.25) is 0 Å². The van der Waals surface area contributed by atoms with E-state index in [-0.39, 0.29) is 44.1 Å². The summed E-state index contributed by atoms with van der Waals surface area (Å²) in [7, 11) is 1.65. The minimum Gasteiger partial charge on any atom is -0.485 e. The first-order valence-electron chi connectivity index (χ1n) is 19.7. The Labute approximate surface area is 354 Å². The Balaban J connectivity index is 1.22. The number of carbonyl (C=O) groups excluding carboxylic acids is 2. The topological polar surface area (TPSA) is 125 Å². The fraction of sp³-hybridized carbons (Fsp3) is 0.488. The zero-order chi connectivity index (χ0) is 41.5. The highest BCUT2D eigenvalue weighted by atomic mass is 35.5. The lowest BCUT2D eigenvalue weighted by Gasteiger charge is -2.50. The number of rotatable bonds is 11. The molecular weight excluding hydrogens is 805 g/mol. The number of pyridine rings is 1. The molecule has 2 aromatic carbocycles. The van der Waals surface area contributed by atoms with Crippen LogP contribution in [-0.2, 0) is 27.2 Å². The van der Waals surface area contributed by atoms with Crippen LogP contribution in [0, 0.1) is 6.92 Å². The highest BCUT2D eigenvalue weighted by Crippen LogP contribution is 2.42. The molecule has 3 aromatic rings. The van der Waals surface area contributed by atoms with Gasteiger partial charge in [-0.2, -0.15) is 0 Å². The largest absolute Gasteiger partial charge is 0.485 e. The number of ether oxygens (including phenoxy) is 3. The first kappa shape index (κ1) is 41.9. The Morgan fingerprint density at radius 3 is 2.34 bits per heavy atom. The molecule has 2 saturated heterocycles. The lowest BCUT2D eigenvalue weighted by molar-refractivity contribution is -0.129. The van der Waals surface area contributed by atoms with Crippen LogP contribution in [0.3, 0.4) is 0 Å². The van der Waals surface area contributed by atoms with Crippen molar-refractivity contribution in [1.29, 1.82) is 0 Å². The number of amides is 3. The van der Waals surface area contributed by atoms with Crippen molar-refractivity contribution in [3.63, 3.8) is 0 Å². The van der Waals surface area contributed by atoms with Gasteiger partial charge in [-0.1, -0.05) is 46.9 Å². The molecule has 7 rings (SSSR count). The molecule has 4 aliphatic rings. The van der Waals surface area contributed by atoms with Gasteiger partial charge in [-0.15, -0.1) is 0 Å². The smallest absolute Gasteiger partial charge is 0.410 e. The number of halogens is 3. The number of carboxylic acid groups (broad SMARTS) is 1. The maximum atomic E-state index is 15.2. The van der Waals surface area contributed by atoms with E-state index >= 15 is 4.79 Å². The highest BCUT2D eigenvalue weighted by molar-refractivity contribution is 6.37. The molecule has 0 spiro atoms. The number of piperazine rings is 1. The number of aromatic nitrogens is 1. The Bertz CT molecular complexity index is 2060. The second-order valence-electron chi connectivity index (χ2n) is 16.6. The van der Waals surface area contributed by atoms with Crippen molar-refractivity contribution in [3.05, 3.63) is 91.6 Å². The Morgan fingerprint density at radius 2 is 1.71 bits per heavy atom. The lowest BCUT2D eigenvalue weighted by Crippen LogP contribution is -2.65. The molecule has 3 atom stereocenters. The van der Waals surface area contributed by atoms with E-state index in [0.29, 0.717) is 52.5 Å². The van der Waals surface area contributed by atoms with Crippen LogP contribution in [0.1, 0.15) is 68.7 Å². The first-order valence-corrected chi connectivity index (χ1v) is 20.9. The third kappa shape index (κ3) is 9.30. The molecule has 2 bridgehead atoms. The molecule has 1 aromatic heterocycles. The van der Waals surface area contributed by atoms with Gasteiger partial charge in [-0.25, -0.2) is 14.6 Å². The number of nitrogens with zero attached hydrogens (tertiary/aromatic N) is 5. The minimum absolute atomic E-state index is 0.0379. The molecule has 12 nitrogen and oxygen atoms in total. The van der Waals surface area contributed by atoms with Crippen molar-refractivity contribution in [1.82, 2.24) is 19.7 Å². The van der Waals surface area contributed by atoms with Gasteiger partial charge in [0, 0.05) is 62.5 Å². The summed E-state index contributed by atoms with van der Waals surface area (Å²) in [6.45, 7) is 9.43. The van der Waals surface area contributed by atoms with Crippen molar-refractivity contribution < 1.29 is 33.7 Å². The van der Waals surface area contributed by atoms with Crippen LogP contribution in [0.4, 0.5) is 15.4 Å². The molecular formula is C43H50Cl3N5O7. The number of benzene rings is 2. The molecule has 3 aliphatic heterocycles. The van der Waals surface area contributed by atoms with Crippen LogP contribution in [-0.4, -0.2) is 113 Å². The van der Waals surface area contributed by atoms with Gasteiger partial charge in [-0.3, -0.25) is 9.69 Å². The monoisotopic (exact) mass is 853 g/mol. The van der Waals surface area contributed by atoms with Crippen LogP contribution in [0.5, 0.6) is 5.75 Å². The number of aryl methyl sites for hydroxylation is 1. The molecule has 58 heavy (non-hydrogen) atoms. The second kappa shape index (κ2) is 17.2. The van der Waals surface area contributed by atoms with Crippen LogP contribution in [0.15, 0.2) is 54.2 Å². The number of anilines is 1. The maximum Gasteiger partial charge on any atom is 0.410 e. The van der Waals surface area contributed by atoms with E-state index in [1.165, 1.54) is 9.80 Å². The van der Waals surface area contributed by atoms with Crippen molar-refractivity contribution in [3.8, 4) is 5.75 Å². The molecule has 0 radical (unpaired) electrons. The SMILES string of the molecule is COCCc1ccc(Cl)c(CN(C(=O)C2=C(c3ccc(N4CCC(Oc5c(Cl)cc(C)cc5Cl)C4)nc3)C[C@H]3CN(C(=O)OC(C)(C)C)C[C@@H]2N3C(=O)O)C2CC2)c1. The number of fused-ring (bicyclic) bond motifs is 2. The van der Waals surface area contributed by atoms with Gasteiger partial charge in [-0.05, 0) is 112 Å². The molecule has 15 heteroatoms. The fourth-order valence-electron chi connectivity index (χ4n) is 8.18. The summed E-state index contributed by atoms with van der Waals surface area (Å²) in [4.78, 5) is 53.4. The molecule has 1 aliphatic carbocycles. The fourth-order valence-corrected chi connectivity index (χ4v) is 9.05. The molecule has 310 valence electrons. The summed E-state index contributed by atoms with van der Waals surface area (Å²) in [6, 6.07) is 11.7. The predicted octanol–water partition coefficient (Wildman–Crippen LogP) is 8.51. The molecule has 4 heterocycles. The van der Waals surface area contributed by atoms with Gasteiger partial charge >= 0.3 is 12.2 Å². The molecule has 1 N–H and O–H groups in total. The van der Waals surface area contributed by atoms with E-state index in [4.69, 9.17) is 54.0 Å². The summed E-state index contributed by atoms with van der Waals surface area (Å²) >= 11 is 19.7. The van der Waals surface area contributed by atoms with Crippen LogP contribution in [0.25, 0.3) is 5.57 Å². The van der Waals surface area contributed by atoms with Crippen LogP contribution >= 0.6 is 34.8 Å². The quantitative estimate of drug-likeness (QED) is 0.202. The number of hydrogen-bond acceptors (Lipinski definition) is 8. The summed E-state index contributed by atoms with van der Waals surface area (Å²) in [6.07, 6.45) is 3.17. The van der Waals surface area contributed by atoms with E-state index in [9.17, 15) is 14.7 Å².